The van der Waals surface area contributed by atoms with Gasteiger partial charge in [-0.15, -0.1) is 11.3 Å². The summed E-state index contributed by atoms with van der Waals surface area (Å²) in [4.78, 5) is 31.8. The average molecular weight is 406 g/mol. The van der Waals surface area contributed by atoms with Crippen LogP contribution in [0.15, 0.2) is 34.2 Å². The smallest absolute Gasteiger partial charge is 0.263 e. The highest BCUT2D eigenvalue weighted by Crippen LogP contribution is 2.29. The third kappa shape index (κ3) is 3.91. The Hall–Kier alpha value is -2.19. The minimum Gasteiger partial charge on any atom is -0.325 e. The Morgan fingerprint density at radius 1 is 1.33 bits per heavy atom. The second-order valence-corrected chi connectivity index (χ2v) is 8.67. The van der Waals surface area contributed by atoms with Gasteiger partial charge in [0.2, 0.25) is 5.91 Å². The van der Waals surface area contributed by atoms with Crippen LogP contribution in [0.25, 0.3) is 10.2 Å². The number of carbonyl (C=O) groups excluding carboxylic acids is 1. The van der Waals surface area contributed by atoms with E-state index in [9.17, 15) is 14.0 Å². The molecule has 27 heavy (non-hydrogen) atoms. The van der Waals surface area contributed by atoms with Gasteiger partial charge in [-0.25, -0.2) is 9.37 Å². The Balaban J connectivity index is 1.87. The fourth-order valence-electron chi connectivity index (χ4n) is 2.67. The van der Waals surface area contributed by atoms with E-state index in [1.807, 2.05) is 20.8 Å². The van der Waals surface area contributed by atoms with Crippen LogP contribution >= 0.6 is 23.1 Å². The molecule has 1 aromatic carbocycles. The summed E-state index contributed by atoms with van der Waals surface area (Å²) < 4.78 is 14.6. The maximum Gasteiger partial charge on any atom is 0.263 e. The zero-order valence-corrected chi connectivity index (χ0v) is 17.1. The molecule has 0 spiro atoms. The number of benzene rings is 1. The van der Waals surface area contributed by atoms with Gasteiger partial charge in [0.15, 0.2) is 5.16 Å². The van der Waals surface area contributed by atoms with Crippen molar-refractivity contribution in [1.82, 2.24) is 9.55 Å². The van der Waals surface area contributed by atoms with Crippen LogP contribution in [0.3, 0.4) is 0 Å². The molecule has 0 aliphatic carbocycles. The summed E-state index contributed by atoms with van der Waals surface area (Å²) in [6.07, 6.45) is 0. The highest BCUT2D eigenvalue weighted by molar-refractivity contribution is 8.00. The van der Waals surface area contributed by atoms with Crippen LogP contribution in [-0.2, 0) is 11.3 Å². The van der Waals surface area contributed by atoms with Crippen LogP contribution in [-0.4, -0.2) is 20.7 Å². The number of thiophene rings is 1. The summed E-state index contributed by atoms with van der Waals surface area (Å²) in [5.41, 5.74) is 1.42. The minimum atomic E-state index is -0.473. The highest BCUT2D eigenvalue weighted by Gasteiger charge is 2.21. The number of halogens is 1. The van der Waals surface area contributed by atoms with E-state index in [0.717, 1.165) is 10.4 Å². The number of nitrogens with zero attached hydrogens (tertiary/aromatic N) is 2. The molecule has 0 radical (unpaired) electrons. The lowest BCUT2D eigenvalue weighted by Crippen LogP contribution is -2.26. The number of nitrogens with one attached hydrogen (secondary N) is 1. The highest BCUT2D eigenvalue weighted by atomic mass is 32.2. The molecule has 8 heteroatoms. The van der Waals surface area contributed by atoms with Crippen molar-refractivity contribution in [3.05, 3.63) is 50.9 Å². The van der Waals surface area contributed by atoms with Crippen molar-refractivity contribution >= 4 is 44.9 Å². The lowest BCUT2D eigenvalue weighted by molar-refractivity contribution is -0.115. The van der Waals surface area contributed by atoms with Gasteiger partial charge in [-0.2, -0.15) is 0 Å². The number of rotatable bonds is 5. The van der Waals surface area contributed by atoms with Crippen LogP contribution in [0.2, 0.25) is 0 Å². The van der Waals surface area contributed by atoms with E-state index in [0.29, 0.717) is 27.6 Å². The summed E-state index contributed by atoms with van der Waals surface area (Å²) in [5.74, 6) is -0.594. The Bertz CT molecular complexity index is 1060. The first-order valence-electron chi connectivity index (χ1n) is 8.55. The molecular formula is C19H20FN3O2S2. The molecule has 0 fully saturated rings. The monoisotopic (exact) mass is 405 g/mol. The number of thioether (sulfide) groups is 1. The molecule has 3 rings (SSSR count). The Labute approximate surface area is 164 Å². The zero-order valence-electron chi connectivity index (χ0n) is 15.5. The number of fused-ring (bicyclic) bond motifs is 1. The molecule has 3 aromatic rings. The average Bonchev–Trinajstić information content (AvgIpc) is 2.91. The van der Waals surface area contributed by atoms with Crippen molar-refractivity contribution < 1.29 is 9.18 Å². The van der Waals surface area contributed by atoms with Gasteiger partial charge < -0.3 is 5.32 Å². The van der Waals surface area contributed by atoms with Crippen LogP contribution in [0.1, 0.15) is 24.3 Å². The number of anilines is 1. The van der Waals surface area contributed by atoms with Crippen molar-refractivity contribution in [2.45, 2.75) is 44.6 Å². The third-order valence-corrected chi connectivity index (χ3v) is 6.52. The molecule has 5 nitrogen and oxygen atoms in total. The Morgan fingerprint density at radius 2 is 2.00 bits per heavy atom. The molecular weight excluding hydrogens is 385 g/mol. The molecule has 1 amide bonds. The number of carbonyl (C=O) groups is 1. The van der Waals surface area contributed by atoms with Crippen molar-refractivity contribution in [2.75, 3.05) is 5.32 Å². The van der Waals surface area contributed by atoms with Crippen molar-refractivity contribution in [1.29, 1.82) is 0 Å². The summed E-state index contributed by atoms with van der Waals surface area (Å²) in [5, 5.41) is 3.47. The second-order valence-electron chi connectivity index (χ2n) is 6.16. The van der Waals surface area contributed by atoms with E-state index in [2.05, 4.69) is 10.3 Å². The molecule has 142 valence electrons. The van der Waals surface area contributed by atoms with Gasteiger partial charge in [0.1, 0.15) is 10.6 Å². The number of hydrogen-bond acceptors (Lipinski definition) is 5. The first kappa shape index (κ1) is 19.6. The number of amides is 1. The molecule has 0 saturated heterocycles. The van der Waals surface area contributed by atoms with Gasteiger partial charge in [-0.1, -0.05) is 11.8 Å². The molecule has 2 heterocycles. The molecule has 0 aliphatic rings. The predicted molar refractivity (Wildman–Crippen MR) is 109 cm³/mol. The van der Waals surface area contributed by atoms with Crippen molar-refractivity contribution in [3.8, 4) is 0 Å². The summed E-state index contributed by atoms with van der Waals surface area (Å²) in [6.45, 7) is 8.03. The Morgan fingerprint density at radius 3 is 2.63 bits per heavy atom. The number of aryl methyl sites for hydroxylation is 2. The summed E-state index contributed by atoms with van der Waals surface area (Å²) in [7, 11) is 0. The van der Waals surface area contributed by atoms with Crippen LogP contribution < -0.4 is 10.9 Å². The molecule has 1 N–H and O–H groups in total. The van der Waals surface area contributed by atoms with E-state index < -0.39 is 5.25 Å². The van der Waals surface area contributed by atoms with Gasteiger partial charge in [-0.3, -0.25) is 14.2 Å². The Kier molecular flexibility index (Phi) is 5.67. The number of hydrogen-bond donors (Lipinski definition) is 1. The lowest BCUT2D eigenvalue weighted by atomic mass is 10.2. The number of aromatic nitrogens is 2. The van der Waals surface area contributed by atoms with Crippen molar-refractivity contribution in [3.63, 3.8) is 0 Å². The maximum atomic E-state index is 13.0. The standard InChI is InChI=1S/C19H20FN3O2S2/c1-5-23-18(25)15-10(2)11(3)26-17(15)22-19(23)27-12(4)16(24)21-14-8-6-13(20)7-9-14/h6-9,12H,5H2,1-4H3,(H,21,24)/t12-/m1/s1. The quantitative estimate of drug-likeness (QED) is 0.506. The van der Waals surface area contributed by atoms with Gasteiger partial charge in [0, 0.05) is 17.1 Å². The molecule has 0 bridgehead atoms. The molecule has 0 unspecified atom stereocenters. The summed E-state index contributed by atoms with van der Waals surface area (Å²) >= 11 is 2.73. The lowest BCUT2D eigenvalue weighted by Gasteiger charge is -2.15. The van der Waals surface area contributed by atoms with E-state index >= 15 is 0 Å². The third-order valence-electron chi connectivity index (χ3n) is 4.33. The topological polar surface area (TPSA) is 64.0 Å². The fraction of sp³-hybridized carbons (Fsp3) is 0.316. The largest absolute Gasteiger partial charge is 0.325 e. The van der Waals surface area contributed by atoms with Gasteiger partial charge in [0.25, 0.3) is 5.56 Å². The van der Waals surface area contributed by atoms with Gasteiger partial charge >= 0.3 is 0 Å². The molecule has 1 atom stereocenters. The van der Waals surface area contributed by atoms with E-state index in [1.54, 1.807) is 11.5 Å². The maximum absolute atomic E-state index is 13.0. The van der Waals surface area contributed by atoms with Crippen molar-refractivity contribution in [2.24, 2.45) is 0 Å². The summed E-state index contributed by atoms with van der Waals surface area (Å²) in [6, 6.07) is 5.60. The van der Waals surface area contributed by atoms with Crippen LogP contribution in [0.4, 0.5) is 10.1 Å². The van der Waals surface area contributed by atoms with E-state index in [-0.39, 0.29) is 17.3 Å². The van der Waals surface area contributed by atoms with E-state index in [4.69, 9.17) is 0 Å². The first-order chi connectivity index (χ1) is 12.8. The predicted octanol–water partition coefficient (Wildman–Crippen LogP) is 4.35. The van der Waals surface area contributed by atoms with Gasteiger partial charge in [-0.05, 0) is 57.5 Å². The fourth-order valence-corrected chi connectivity index (χ4v) is 4.71. The molecule has 0 aliphatic heterocycles. The second kappa shape index (κ2) is 7.82. The zero-order chi connectivity index (χ0) is 19.7. The normalized spacial score (nSPS) is 12.3. The molecule has 0 saturated carbocycles. The minimum absolute atomic E-state index is 0.0713. The van der Waals surface area contributed by atoms with Gasteiger partial charge in [0.05, 0.1) is 10.6 Å². The van der Waals surface area contributed by atoms with E-state index in [1.165, 1.54) is 47.4 Å². The van der Waals surface area contributed by atoms with Crippen LogP contribution in [0.5, 0.6) is 0 Å². The van der Waals surface area contributed by atoms with Crippen LogP contribution in [0, 0.1) is 19.7 Å². The molecule has 2 aromatic heterocycles. The SMILES string of the molecule is CCn1c(S[C@H](C)C(=O)Nc2ccc(F)cc2)nc2sc(C)c(C)c2c1=O. The first-order valence-corrected chi connectivity index (χ1v) is 10.2.